The molecule has 0 spiro atoms. The van der Waals surface area contributed by atoms with Gasteiger partial charge < -0.3 is 90.4 Å². The molecule has 248 valence electrons. The fraction of sp³-hybridized carbons (Fsp3) is 1.00. The van der Waals surface area contributed by atoms with E-state index in [0.29, 0.717) is 0 Å². The van der Waals surface area contributed by atoms with Crippen molar-refractivity contribution in [1.29, 1.82) is 0 Å². The molecule has 3 fully saturated rings. The van der Waals surface area contributed by atoms with Crippen LogP contribution in [0.4, 0.5) is 0 Å². The molecule has 0 saturated carbocycles. The van der Waals surface area contributed by atoms with E-state index in [2.05, 4.69) is 0 Å². The maximum atomic E-state index is 11.0. The van der Waals surface area contributed by atoms with E-state index in [0.717, 1.165) is 0 Å². The number of aliphatic hydroxyl groups is 14. The van der Waals surface area contributed by atoms with Crippen LogP contribution in [-0.4, -0.2) is 213 Å². The molecule has 14 N–H and O–H groups in total. The SMILES string of the molecule is OC[C@@H]1[C@@H](O)[C@H](O)C[S+]1C[C@@H](O)[C@@H](O[C@@H]1O[C@H](CO)[C@@H](O[C@H]2O[C@H](CO)[C@@H](O)[C@H](O)[C@H]2O)[C@H](O)[C@H]1O)[C@H](O)[C@@H](O)CO. The predicted octanol–water partition coefficient (Wildman–Crippen LogP) is -9.21. The van der Waals surface area contributed by atoms with Gasteiger partial charge in [-0.15, -0.1) is 0 Å². The summed E-state index contributed by atoms with van der Waals surface area (Å²) in [5.41, 5.74) is 0. The fourth-order valence-corrected chi connectivity index (χ4v) is 7.84. The molecule has 18 atom stereocenters. The molecule has 3 aliphatic rings. The van der Waals surface area contributed by atoms with Gasteiger partial charge in [0, 0.05) is 10.9 Å². The van der Waals surface area contributed by atoms with Gasteiger partial charge in [0.25, 0.3) is 0 Å². The molecule has 0 aromatic heterocycles. The Kier molecular flexibility index (Phi) is 13.5. The van der Waals surface area contributed by atoms with Crippen molar-refractivity contribution in [2.45, 2.75) is 103 Å². The van der Waals surface area contributed by atoms with Gasteiger partial charge in [-0.05, 0) is 0 Å². The number of hydrogen-bond acceptors (Lipinski definition) is 18. The van der Waals surface area contributed by atoms with Gasteiger partial charge in [-0.2, -0.15) is 0 Å². The quantitative estimate of drug-likeness (QED) is 0.0832. The summed E-state index contributed by atoms with van der Waals surface area (Å²) in [6, 6.07) is 0. The van der Waals surface area contributed by atoms with Crippen molar-refractivity contribution in [3.63, 3.8) is 0 Å². The van der Waals surface area contributed by atoms with E-state index in [4.69, 9.17) is 18.9 Å². The van der Waals surface area contributed by atoms with Crippen LogP contribution in [0.5, 0.6) is 0 Å². The third-order valence-corrected chi connectivity index (χ3v) is 10.5. The van der Waals surface area contributed by atoms with Crippen molar-refractivity contribution >= 4 is 10.9 Å². The van der Waals surface area contributed by atoms with Crippen molar-refractivity contribution in [3.05, 3.63) is 0 Å². The van der Waals surface area contributed by atoms with E-state index in [9.17, 15) is 71.5 Å². The maximum Gasteiger partial charge on any atom is 0.187 e. The zero-order valence-electron chi connectivity index (χ0n) is 22.4. The average molecular weight is 640 g/mol. The Bertz CT molecular complexity index is 811. The minimum atomic E-state index is -2.03. The topological polar surface area (TPSA) is 320 Å². The van der Waals surface area contributed by atoms with Gasteiger partial charge in [-0.3, -0.25) is 0 Å². The smallest absolute Gasteiger partial charge is 0.187 e. The lowest BCUT2D eigenvalue weighted by Gasteiger charge is -2.46. The van der Waals surface area contributed by atoms with Gasteiger partial charge in [0.2, 0.25) is 0 Å². The molecule has 0 amide bonds. The highest BCUT2D eigenvalue weighted by atomic mass is 32.2. The molecule has 19 heteroatoms. The number of aliphatic hydroxyl groups excluding tert-OH is 14. The Balaban J connectivity index is 1.76. The van der Waals surface area contributed by atoms with Crippen LogP contribution in [0, 0.1) is 0 Å². The molecule has 18 nitrogen and oxygen atoms in total. The lowest BCUT2D eigenvalue weighted by molar-refractivity contribution is -0.367. The predicted molar refractivity (Wildman–Crippen MR) is 136 cm³/mol. The summed E-state index contributed by atoms with van der Waals surface area (Å²) in [5.74, 6) is -0.267. The van der Waals surface area contributed by atoms with Gasteiger partial charge in [-0.25, -0.2) is 0 Å². The zero-order valence-corrected chi connectivity index (χ0v) is 23.2. The molecule has 3 saturated heterocycles. The Hall–Kier alpha value is -0.370. The summed E-state index contributed by atoms with van der Waals surface area (Å²) in [6.45, 7) is -3.16. The molecular formula is C23H43O18S+. The summed E-state index contributed by atoms with van der Waals surface area (Å²) >= 11 is 0. The lowest BCUT2D eigenvalue weighted by atomic mass is 9.96. The van der Waals surface area contributed by atoms with E-state index in [-0.39, 0.29) is 11.5 Å². The van der Waals surface area contributed by atoms with Crippen LogP contribution in [0.3, 0.4) is 0 Å². The second kappa shape index (κ2) is 15.8. The molecule has 3 aliphatic heterocycles. The minimum absolute atomic E-state index is 0.000350. The van der Waals surface area contributed by atoms with Crippen molar-refractivity contribution in [1.82, 2.24) is 0 Å². The maximum absolute atomic E-state index is 11.0. The van der Waals surface area contributed by atoms with Gasteiger partial charge >= 0.3 is 0 Å². The molecule has 0 aromatic rings. The van der Waals surface area contributed by atoms with Gasteiger partial charge in [0.15, 0.2) is 17.8 Å². The van der Waals surface area contributed by atoms with Gasteiger partial charge in [-0.1, -0.05) is 0 Å². The van der Waals surface area contributed by atoms with Gasteiger partial charge in [0.05, 0.1) is 26.4 Å². The van der Waals surface area contributed by atoms with Crippen LogP contribution in [0.2, 0.25) is 0 Å². The van der Waals surface area contributed by atoms with Crippen molar-refractivity contribution < 1.29 is 90.4 Å². The van der Waals surface area contributed by atoms with E-state index in [1.165, 1.54) is 0 Å². The molecule has 0 aliphatic carbocycles. The summed E-state index contributed by atoms with van der Waals surface area (Å²) in [7, 11) is -1.00. The average Bonchev–Trinajstić information content (AvgIpc) is 3.25. The van der Waals surface area contributed by atoms with Gasteiger partial charge in [0.1, 0.15) is 97.0 Å². The Labute approximate surface area is 242 Å². The standard InChI is InChI=1S/C23H43O18S/c24-1-7(28)14(32)20(9(30)6-42-5-8(29)13(31)12(42)4-27)40-23-19(37)17(35)21(11(3-26)39-23)41-22-18(36)16(34)15(33)10(2-25)38-22/h7-37H,1-6H2/q+1/t7-,8+,9+,10+,11+,12+,13-,14+,15+,16-,17+,18+,19+,20+,21+,22+,23-,42?/m0/s1. The molecule has 0 aromatic carbocycles. The Morgan fingerprint density at radius 2 is 1.26 bits per heavy atom. The highest BCUT2D eigenvalue weighted by Crippen LogP contribution is 2.32. The zero-order chi connectivity index (χ0) is 31.5. The number of hydrogen-bond donors (Lipinski definition) is 14. The van der Waals surface area contributed by atoms with Crippen LogP contribution < -0.4 is 0 Å². The highest BCUT2D eigenvalue weighted by Gasteiger charge is 2.54. The molecular weight excluding hydrogens is 596 g/mol. The summed E-state index contributed by atoms with van der Waals surface area (Å²) in [4.78, 5) is 0. The van der Waals surface area contributed by atoms with Crippen molar-refractivity contribution in [2.75, 3.05) is 37.9 Å². The highest BCUT2D eigenvalue weighted by molar-refractivity contribution is 7.97. The third-order valence-electron chi connectivity index (χ3n) is 7.70. The first-order chi connectivity index (χ1) is 19.8. The molecule has 3 rings (SSSR count). The first-order valence-corrected chi connectivity index (χ1v) is 15.0. The molecule has 0 radical (unpaired) electrons. The monoisotopic (exact) mass is 639 g/mol. The Morgan fingerprint density at radius 3 is 1.83 bits per heavy atom. The first kappa shape index (κ1) is 36.1. The van der Waals surface area contributed by atoms with Crippen molar-refractivity contribution in [2.24, 2.45) is 0 Å². The summed E-state index contributed by atoms with van der Waals surface area (Å²) in [6.07, 6.45) is -27.5. The normalized spacial score (nSPS) is 45.9. The molecule has 42 heavy (non-hydrogen) atoms. The second-order valence-electron chi connectivity index (χ2n) is 10.6. The van der Waals surface area contributed by atoms with Crippen LogP contribution in [-0.2, 0) is 29.8 Å². The Morgan fingerprint density at radius 1 is 0.667 bits per heavy atom. The summed E-state index contributed by atoms with van der Waals surface area (Å²) in [5, 5.41) is 141. The van der Waals surface area contributed by atoms with E-state index in [1.807, 2.05) is 0 Å². The fourth-order valence-electron chi connectivity index (χ4n) is 5.15. The van der Waals surface area contributed by atoms with Crippen LogP contribution >= 0.6 is 0 Å². The van der Waals surface area contributed by atoms with Crippen molar-refractivity contribution in [3.8, 4) is 0 Å². The van der Waals surface area contributed by atoms with E-state index >= 15 is 0 Å². The first-order valence-electron chi connectivity index (χ1n) is 13.3. The summed E-state index contributed by atoms with van der Waals surface area (Å²) < 4.78 is 21.8. The number of ether oxygens (including phenoxy) is 4. The number of rotatable bonds is 13. The largest absolute Gasteiger partial charge is 0.394 e. The second-order valence-corrected chi connectivity index (χ2v) is 12.9. The van der Waals surface area contributed by atoms with E-state index in [1.54, 1.807) is 0 Å². The van der Waals surface area contributed by atoms with E-state index < -0.39 is 141 Å². The molecule has 3 heterocycles. The minimum Gasteiger partial charge on any atom is -0.394 e. The molecule has 1 unspecified atom stereocenters. The van der Waals surface area contributed by atoms with Crippen LogP contribution in [0.15, 0.2) is 0 Å². The van der Waals surface area contributed by atoms with Crippen LogP contribution in [0.25, 0.3) is 0 Å². The lowest BCUT2D eigenvalue weighted by Crippen LogP contribution is -2.65. The molecule has 0 bridgehead atoms. The third kappa shape index (κ3) is 7.70. The van der Waals surface area contributed by atoms with Crippen LogP contribution in [0.1, 0.15) is 0 Å².